The zero-order chi connectivity index (χ0) is 18.4. The molecule has 3 aliphatic carbocycles. The number of hydrogen-bond donors (Lipinski definition) is 1. The minimum absolute atomic E-state index is 0.354. The van der Waals surface area contributed by atoms with Crippen molar-refractivity contribution < 1.29 is 4.57 Å². The van der Waals surface area contributed by atoms with Crippen molar-refractivity contribution in [2.24, 2.45) is 23.7 Å². The Labute approximate surface area is 166 Å². The standard InChI is InChI=1S/C23H24NOPS/c25-26(17-8-3-1-4-9-17,18-10-5-2-6-11-18)23(27)24-22-15-16-14-21(22)20-13-7-12-19(16)20/h1-11,13,16,19-22H,12,14-15H2,(H,24,27). The van der Waals surface area contributed by atoms with Gasteiger partial charge in [0.05, 0.1) is 0 Å². The van der Waals surface area contributed by atoms with Gasteiger partial charge in [0, 0.05) is 16.7 Å². The van der Waals surface area contributed by atoms with E-state index in [0.717, 1.165) is 28.9 Å². The second-order valence-electron chi connectivity index (χ2n) is 8.14. The van der Waals surface area contributed by atoms with Crippen LogP contribution in [-0.2, 0) is 4.57 Å². The number of nitrogens with one attached hydrogen (secondary N) is 1. The van der Waals surface area contributed by atoms with Crippen LogP contribution >= 0.6 is 19.4 Å². The number of fused-ring (bicyclic) bond motifs is 5. The highest BCUT2D eigenvalue weighted by atomic mass is 32.1. The number of allylic oxidation sites excluding steroid dienone is 2. The van der Waals surface area contributed by atoms with Crippen molar-refractivity contribution in [3.05, 3.63) is 72.8 Å². The van der Waals surface area contributed by atoms with E-state index in [1.807, 2.05) is 60.7 Å². The third-order valence-corrected chi connectivity index (χ3v) is 10.5. The first kappa shape index (κ1) is 17.4. The quantitative estimate of drug-likeness (QED) is 0.472. The summed E-state index contributed by atoms with van der Waals surface area (Å²) in [5.41, 5.74) is 0. The van der Waals surface area contributed by atoms with Gasteiger partial charge in [-0.25, -0.2) is 0 Å². The van der Waals surface area contributed by atoms with E-state index < -0.39 is 7.14 Å². The van der Waals surface area contributed by atoms with E-state index in [4.69, 9.17) is 12.2 Å². The normalized spacial score (nSPS) is 31.0. The maximum Gasteiger partial charge on any atom is 0.196 e. The largest absolute Gasteiger partial charge is 0.370 e. The van der Waals surface area contributed by atoms with Crippen LogP contribution in [0.5, 0.6) is 0 Å². The van der Waals surface area contributed by atoms with Crippen molar-refractivity contribution in [3.8, 4) is 0 Å². The van der Waals surface area contributed by atoms with E-state index in [1.54, 1.807) is 0 Å². The van der Waals surface area contributed by atoms with Gasteiger partial charge in [-0.1, -0.05) is 85.0 Å². The molecule has 2 nitrogen and oxygen atoms in total. The predicted molar refractivity (Wildman–Crippen MR) is 116 cm³/mol. The summed E-state index contributed by atoms with van der Waals surface area (Å²) in [4.78, 5) is 0. The van der Waals surface area contributed by atoms with Crippen molar-refractivity contribution in [2.75, 3.05) is 0 Å². The number of thiocarbonyl (C=S) groups is 1. The Balaban J connectivity index is 1.46. The van der Waals surface area contributed by atoms with Gasteiger partial charge in [-0.15, -0.1) is 0 Å². The van der Waals surface area contributed by atoms with Crippen LogP contribution in [0.15, 0.2) is 72.8 Å². The van der Waals surface area contributed by atoms with E-state index in [9.17, 15) is 4.57 Å². The molecular formula is C23H24NOPS. The van der Waals surface area contributed by atoms with Gasteiger partial charge in [-0.3, -0.25) is 0 Å². The molecule has 27 heavy (non-hydrogen) atoms. The smallest absolute Gasteiger partial charge is 0.196 e. The summed E-state index contributed by atoms with van der Waals surface area (Å²) < 4.78 is 14.8. The molecule has 0 heterocycles. The average molecular weight is 393 g/mol. The fraction of sp³-hybridized carbons (Fsp3) is 0.348. The van der Waals surface area contributed by atoms with Gasteiger partial charge in [-0.05, 0) is 42.9 Å². The molecule has 0 saturated heterocycles. The van der Waals surface area contributed by atoms with E-state index in [-0.39, 0.29) is 0 Å². The lowest BCUT2D eigenvalue weighted by atomic mass is 9.79. The Morgan fingerprint density at radius 3 is 2.19 bits per heavy atom. The summed E-state index contributed by atoms with van der Waals surface area (Å²) in [6.07, 6.45) is 8.47. The summed E-state index contributed by atoms with van der Waals surface area (Å²) in [5, 5.41) is 5.23. The van der Waals surface area contributed by atoms with E-state index in [1.165, 1.54) is 12.8 Å². The molecule has 2 saturated carbocycles. The summed E-state index contributed by atoms with van der Waals surface area (Å²) in [5.74, 6) is 2.97. The average Bonchev–Trinajstić information content (AvgIpc) is 3.42. The highest BCUT2D eigenvalue weighted by Crippen LogP contribution is 2.57. The molecular weight excluding hydrogens is 369 g/mol. The third-order valence-electron chi connectivity index (χ3n) is 6.84. The highest BCUT2D eigenvalue weighted by Gasteiger charge is 2.53. The Hall–Kier alpha value is -1.70. The monoisotopic (exact) mass is 393 g/mol. The van der Waals surface area contributed by atoms with Crippen LogP contribution < -0.4 is 15.9 Å². The number of benzene rings is 2. The molecule has 1 N–H and O–H groups in total. The van der Waals surface area contributed by atoms with Gasteiger partial charge < -0.3 is 9.88 Å². The molecule has 3 aliphatic rings. The first-order valence-electron chi connectivity index (χ1n) is 9.87. The zero-order valence-electron chi connectivity index (χ0n) is 15.2. The van der Waals surface area contributed by atoms with E-state index >= 15 is 0 Å². The fourth-order valence-electron chi connectivity index (χ4n) is 5.62. The Morgan fingerprint density at radius 1 is 0.926 bits per heavy atom. The summed E-state index contributed by atoms with van der Waals surface area (Å²) in [6.45, 7) is 0. The Bertz CT molecular complexity index is 882. The maximum atomic E-state index is 14.3. The molecule has 0 aliphatic heterocycles. The SMILES string of the molecule is O=P(C(=S)NC1CC2CC1C1C=CCC21)(c1ccccc1)c1ccccc1. The lowest BCUT2D eigenvalue weighted by Gasteiger charge is -2.34. The van der Waals surface area contributed by atoms with E-state index in [2.05, 4.69) is 17.5 Å². The van der Waals surface area contributed by atoms with Gasteiger partial charge in [-0.2, -0.15) is 0 Å². The van der Waals surface area contributed by atoms with Crippen molar-refractivity contribution in [3.63, 3.8) is 0 Å². The maximum absolute atomic E-state index is 14.3. The van der Waals surface area contributed by atoms with Crippen molar-refractivity contribution in [1.29, 1.82) is 0 Å². The predicted octanol–water partition coefficient (Wildman–Crippen LogP) is 4.48. The molecule has 2 aromatic carbocycles. The molecule has 0 aromatic heterocycles. The highest BCUT2D eigenvalue weighted by molar-refractivity contribution is 8.07. The minimum atomic E-state index is -3.02. The van der Waals surface area contributed by atoms with Gasteiger partial charge in [0.25, 0.3) is 0 Å². The molecule has 0 radical (unpaired) electrons. The molecule has 5 atom stereocenters. The van der Waals surface area contributed by atoms with Crippen LogP contribution in [0, 0.1) is 23.7 Å². The van der Waals surface area contributed by atoms with Gasteiger partial charge in [0.1, 0.15) is 4.73 Å². The Kier molecular flexibility index (Phi) is 4.33. The Morgan fingerprint density at radius 2 is 1.56 bits per heavy atom. The second-order valence-corrected chi connectivity index (χ2v) is 11.5. The molecule has 4 heteroatoms. The molecule has 0 spiro atoms. The van der Waals surface area contributed by atoms with Gasteiger partial charge in [0.15, 0.2) is 7.14 Å². The first-order valence-corrected chi connectivity index (χ1v) is 12.0. The van der Waals surface area contributed by atoms with Crippen molar-refractivity contribution in [2.45, 2.75) is 25.3 Å². The topological polar surface area (TPSA) is 29.1 Å². The van der Waals surface area contributed by atoms with Crippen LogP contribution in [0.1, 0.15) is 19.3 Å². The van der Waals surface area contributed by atoms with E-state index in [0.29, 0.717) is 22.6 Å². The summed E-state index contributed by atoms with van der Waals surface area (Å²) in [7, 11) is -3.02. The van der Waals surface area contributed by atoms with Crippen LogP contribution in [-0.4, -0.2) is 10.8 Å². The molecule has 138 valence electrons. The molecule has 0 amide bonds. The molecule has 2 fully saturated rings. The second kappa shape index (κ2) is 6.72. The first-order chi connectivity index (χ1) is 13.2. The summed E-state index contributed by atoms with van der Waals surface area (Å²) >= 11 is 5.83. The summed E-state index contributed by atoms with van der Waals surface area (Å²) in [6, 6.07) is 19.8. The molecule has 5 unspecified atom stereocenters. The van der Waals surface area contributed by atoms with Crippen LogP contribution in [0.3, 0.4) is 0 Å². The van der Waals surface area contributed by atoms with Crippen LogP contribution in [0.4, 0.5) is 0 Å². The zero-order valence-corrected chi connectivity index (χ0v) is 16.9. The van der Waals surface area contributed by atoms with Crippen molar-refractivity contribution in [1.82, 2.24) is 5.32 Å². The molecule has 2 bridgehead atoms. The molecule has 2 aromatic rings. The van der Waals surface area contributed by atoms with Crippen LogP contribution in [0.2, 0.25) is 0 Å². The number of hydrogen-bond acceptors (Lipinski definition) is 2. The van der Waals surface area contributed by atoms with Crippen LogP contribution in [0.25, 0.3) is 0 Å². The minimum Gasteiger partial charge on any atom is -0.370 e. The lowest BCUT2D eigenvalue weighted by Crippen LogP contribution is -2.43. The fourth-order valence-corrected chi connectivity index (χ4v) is 8.70. The number of rotatable bonds is 4. The third kappa shape index (κ3) is 2.75. The molecule has 5 rings (SSSR count). The van der Waals surface area contributed by atoms with Gasteiger partial charge in [0.2, 0.25) is 0 Å². The van der Waals surface area contributed by atoms with Crippen molar-refractivity contribution >= 4 is 34.7 Å². The van der Waals surface area contributed by atoms with Gasteiger partial charge >= 0.3 is 0 Å². The lowest BCUT2D eigenvalue weighted by molar-refractivity contribution is 0.247.